The molecule has 0 saturated carbocycles. The first-order valence-corrected chi connectivity index (χ1v) is 11.5. The third kappa shape index (κ3) is 7.76. The molecule has 0 saturated heterocycles. The van der Waals surface area contributed by atoms with Crippen molar-refractivity contribution in [1.82, 2.24) is 5.43 Å². The van der Waals surface area contributed by atoms with Crippen LogP contribution in [0.5, 0.6) is 5.75 Å². The number of hydrazone groups is 1. The lowest BCUT2D eigenvalue weighted by molar-refractivity contribution is -0.121. The number of ether oxygens (including phenoxy) is 1. The number of carbonyl (C=O) groups excluding carboxylic acids is 2. The van der Waals surface area contributed by atoms with Crippen molar-refractivity contribution in [3.63, 3.8) is 0 Å². The van der Waals surface area contributed by atoms with Gasteiger partial charge in [-0.15, -0.1) is 0 Å². The Bertz CT molecular complexity index is 1200. The molecule has 0 aliphatic heterocycles. The molecule has 2 N–H and O–H groups in total. The van der Waals surface area contributed by atoms with Gasteiger partial charge >= 0.3 is 0 Å². The molecule has 0 spiro atoms. The molecular formula is C25H22Cl3N3O3. The van der Waals surface area contributed by atoms with E-state index in [0.29, 0.717) is 50.8 Å². The van der Waals surface area contributed by atoms with Crippen LogP contribution in [0.1, 0.15) is 35.7 Å². The highest BCUT2D eigenvalue weighted by Gasteiger charge is 2.08. The van der Waals surface area contributed by atoms with E-state index in [1.165, 1.54) is 0 Å². The van der Waals surface area contributed by atoms with Gasteiger partial charge in [0.15, 0.2) is 0 Å². The lowest BCUT2D eigenvalue weighted by Gasteiger charge is -2.09. The molecule has 3 aromatic carbocycles. The fourth-order valence-electron chi connectivity index (χ4n) is 2.90. The van der Waals surface area contributed by atoms with E-state index in [-0.39, 0.29) is 18.2 Å². The zero-order valence-corrected chi connectivity index (χ0v) is 20.5. The standard InChI is InChI=1S/C25H22Cl3N3O3/c1-16(30-31-24(32)6-3-13-34-23-12-11-20(27)15-22(23)28)18-4-2-5-21(14-18)29-25(33)17-7-9-19(26)10-8-17/h2,4-5,7-12,14-15H,3,6,13H2,1H3,(H,29,33)(H,31,32)/b30-16+. The van der Waals surface area contributed by atoms with Crippen LogP contribution in [-0.4, -0.2) is 24.1 Å². The van der Waals surface area contributed by atoms with Crippen LogP contribution in [0.3, 0.4) is 0 Å². The zero-order valence-electron chi connectivity index (χ0n) is 18.3. The topological polar surface area (TPSA) is 79.8 Å². The molecule has 0 unspecified atom stereocenters. The Kier molecular flexibility index (Phi) is 9.33. The third-order valence-corrected chi connectivity index (χ3v) is 5.48. The average molecular weight is 519 g/mol. The summed E-state index contributed by atoms with van der Waals surface area (Å²) in [6, 6.07) is 18.8. The van der Waals surface area contributed by atoms with E-state index in [1.54, 1.807) is 67.6 Å². The van der Waals surface area contributed by atoms with E-state index >= 15 is 0 Å². The second kappa shape index (κ2) is 12.4. The van der Waals surface area contributed by atoms with Gasteiger partial charge in [0.2, 0.25) is 5.91 Å². The molecule has 176 valence electrons. The molecule has 0 atom stereocenters. The summed E-state index contributed by atoms with van der Waals surface area (Å²) in [5.41, 5.74) is 5.00. The molecule has 9 heteroatoms. The molecule has 34 heavy (non-hydrogen) atoms. The summed E-state index contributed by atoms with van der Waals surface area (Å²) in [7, 11) is 0. The van der Waals surface area contributed by atoms with E-state index in [1.807, 2.05) is 6.07 Å². The fourth-order valence-corrected chi connectivity index (χ4v) is 3.49. The minimum absolute atomic E-state index is 0.235. The number of amides is 2. The lowest BCUT2D eigenvalue weighted by atomic mass is 10.1. The molecular weight excluding hydrogens is 497 g/mol. The van der Waals surface area contributed by atoms with Crippen LogP contribution >= 0.6 is 34.8 Å². The van der Waals surface area contributed by atoms with E-state index in [2.05, 4.69) is 15.8 Å². The van der Waals surface area contributed by atoms with E-state index in [9.17, 15) is 9.59 Å². The molecule has 0 heterocycles. The number of anilines is 1. The predicted octanol–water partition coefficient (Wildman–Crippen LogP) is 6.60. The van der Waals surface area contributed by atoms with Gasteiger partial charge in [0.05, 0.1) is 17.3 Å². The number of halogens is 3. The van der Waals surface area contributed by atoms with Crippen molar-refractivity contribution in [2.75, 3.05) is 11.9 Å². The second-order valence-electron chi connectivity index (χ2n) is 7.30. The highest BCUT2D eigenvalue weighted by atomic mass is 35.5. The average Bonchev–Trinajstić information content (AvgIpc) is 2.82. The summed E-state index contributed by atoms with van der Waals surface area (Å²) in [5.74, 6) is 0.0274. The minimum Gasteiger partial charge on any atom is -0.492 e. The van der Waals surface area contributed by atoms with Crippen molar-refractivity contribution >= 4 is 58.0 Å². The SMILES string of the molecule is C/C(=N\NC(=O)CCCOc1ccc(Cl)cc1Cl)c1cccc(NC(=O)c2ccc(Cl)cc2)c1. The molecule has 3 aromatic rings. The summed E-state index contributed by atoms with van der Waals surface area (Å²) in [6.07, 6.45) is 0.727. The zero-order chi connectivity index (χ0) is 24.5. The Morgan fingerprint density at radius 1 is 0.912 bits per heavy atom. The van der Waals surface area contributed by atoms with Crippen LogP contribution < -0.4 is 15.5 Å². The smallest absolute Gasteiger partial charge is 0.255 e. The van der Waals surface area contributed by atoms with Gasteiger partial charge in [-0.25, -0.2) is 5.43 Å². The predicted molar refractivity (Wildman–Crippen MR) is 137 cm³/mol. The quantitative estimate of drug-likeness (QED) is 0.190. The Morgan fingerprint density at radius 3 is 2.38 bits per heavy atom. The molecule has 0 aromatic heterocycles. The maximum atomic E-state index is 12.4. The Balaban J connectivity index is 1.48. The normalized spacial score (nSPS) is 11.1. The molecule has 2 amide bonds. The number of hydrogen-bond acceptors (Lipinski definition) is 4. The monoisotopic (exact) mass is 517 g/mol. The molecule has 0 aliphatic rings. The van der Waals surface area contributed by atoms with Gasteiger partial charge in [-0.1, -0.05) is 46.9 Å². The first kappa shape index (κ1) is 25.6. The van der Waals surface area contributed by atoms with Gasteiger partial charge in [-0.05, 0) is 73.5 Å². The number of rotatable bonds is 9. The lowest BCUT2D eigenvalue weighted by Crippen LogP contribution is -2.19. The van der Waals surface area contributed by atoms with Crippen molar-refractivity contribution in [3.8, 4) is 5.75 Å². The minimum atomic E-state index is -0.251. The second-order valence-corrected chi connectivity index (χ2v) is 8.58. The van der Waals surface area contributed by atoms with Gasteiger partial charge in [0.25, 0.3) is 5.91 Å². The van der Waals surface area contributed by atoms with Gasteiger partial charge in [-0.2, -0.15) is 5.10 Å². The van der Waals surface area contributed by atoms with Gasteiger partial charge < -0.3 is 10.1 Å². The van der Waals surface area contributed by atoms with Crippen LogP contribution in [0.15, 0.2) is 71.8 Å². The fraction of sp³-hybridized carbons (Fsp3) is 0.160. The van der Waals surface area contributed by atoms with Crippen LogP contribution in [-0.2, 0) is 4.79 Å². The van der Waals surface area contributed by atoms with Crippen LogP contribution in [0, 0.1) is 0 Å². The first-order chi connectivity index (χ1) is 16.3. The number of carbonyl (C=O) groups is 2. The van der Waals surface area contributed by atoms with Crippen molar-refractivity contribution in [1.29, 1.82) is 0 Å². The van der Waals surface area contributed by atoms with Gasteiger partial charge in [0.1, 0.15) is 5.75 Å². The first-order valence-electron chi connectivity index (χ1n) is 10.4. The maximum Gasteiger partial charge on any atom is 0.255 e. The maximum absolute atomic E-state index is 12.4. The molecule has 6 nitrogen and oxygen atoms in total. The molecule has 0 bridgehead atoms. The molecule has 3 rings (SSSR count). The number of nitrogens with one attached hydrogen (secondary N) is 2. The van der Waals surface area contributed by atoms with E-state index in [4.69, 9.17) is 39.5 Å². The molecule has 0 aliphatic carbocycles. The molecule has 0 fully saturated rings. The van der Waals surface area contributed by atoms with Crippen molar-refractivity contribution < 1.29 is 14.3 Å². The Hall–Kier alpha value is -3.06. The van der Waals surface area contributed by atoms with Crippen molar-refractivity contribution in [2.24, 2.45) is 5.10 Å². The highest BCUT2D eigenvalue weighted by molar-refractivity contribution is 6.35. The van der Waals surface area contributed by atoms with E-state index in [0.717, 1.165) is 5.56 Å². The van der Waals surface area contributed by atoms with Crippen LogP contribution in [0.2, 0.25) is 15.1 Å². The Labute approximate surface area is 212 Å². The largest absolute Gasteiger partial charge is 0.492 e. The number of benzene rings is 3. The van der Waals surface area contributed by atoms with Gasteiger partial charge in [0, 0.05) is 27.7 Å². The number of hydrogen-bond donors (Lipinski definition) is 2. The van der Waals surface area contributed by atoms with Crippen LogP contribution in [0.4, 0.5) is 5.69 Å². The number of nitrogens with zero attached hydrogens (tertiary/aromatic N) is 1. The summed E-state index contributed by atoms with van der Waals surface area (Å²) in [5, 5.41) is 8.50. The van der Waals surface area contributed by atoms with Crippen molar-refractivity contribution in [2.45, 2.75) is 19.8 Å². The van der Waals surface area contributed by atoms with Crippen LogP contribution in [0.25, 0.3) is 0 Å². The van der Waals surface area contributed by atoms with E-state index < -0.39 is 0 Å². The summed E-state index contributed by atoms with van der Waals surface area (Å²) in [6.45, 7) is 2.10. The summed E-state index contributed by atoms with van der Waals surface area (Å²) in [4.78, 5) is 24.5. The highest BCUT2D eigenvalue weighted by Crippen LogP contribution is 2.27. The Morgan fingerprint density at radius 2 is 1.65 bits per heavy atom. The third-order valence-electron chi connectivity index (χ3n) is 4.69. The summed E-state index contributed by atoms with van der Waals surface area (Å²) >= 11 is 17.8. The van der Waals surface area contributed by atoms with Crippen molar-refractivity contribution in [3.05, 3.63) is 92.9 Å². The van der Waals surface area contributed by atoms with Gasteiger partial charge in [-0.3, -0.25) is 9.59 Å². The molecule has 0 radical (unpaired) electrons. The summed E-state index contributed by atoms with van der Waals surface area (Å²) < 4.78 is 5.57.